The molecule has 0 N–H and O–H groups in total. The van der Waals surface area contributed by atoms with Crippen molar-refractivity contribution in [2.45, 2.75) is 51.9 Å². The summed E-state index contributed by atoms with van der Waals surface area (Å²) in [6.45, 7) is 6.67. The fourth-order valence-electron chi connectivity index (χ4n) is 2.49. The molecule has 114 valence electrons. The van der Waals surface area contributed by atoms with Crippen LogP contribution in [0.1, 0.15) is 50.3 Å². The Kier molecular flexibility index (Phi) is 12.1. The molecule has 0 aliphatic heterocycles. The molecule has 0 bridgehead atoms. The van der Waals surface area contributed by atoms with Gasteiger partial charge in [0.15, 0.2) is 0 Å². The van der Waals surface area contributed by atoms with Crippen LogP contribution in [-0.2, 0) is 44.5 Å². The molecule has 0 saturated heterocycles. The van der Waals surface area contributed by atoms with Gasteiger partial charge < -0.3 is 24.8 Å². The zero-order valence-electron chi connectivity index (χ0n) is 13.1. The normalized spacial score (nSPS) is 12.5. The summed E-state index contributed by atoms with van der Waals surface area (Å²) in [5.41, 5.74) is 4.94. The van der Waals surface area contributed by atoms with E-state index < -0.39 is 0 Å². The van der Waals surface area contributed by atoms with Gasteiger partial charge in [0.1, 0.15) is 0 Å². The third kappa shape index (κ3) is 7.31. The van der Waals surface area contributed by atoms with Crippen molar-refractivity contribution in [3.05, 3.63) is 59.2 Å². The Hall–Kier alpha value is 0.163. The third-order valence-corrected chi connectivity index (χ3v) is 3.68. The second kappa shape index (κ2) is 10.8. The maximum atomic E-state index is 2.26. The molecular formula is C18H24Cl2Zr. The van der Waals surface area contributed by atoms with E-state index in [1.165, 1.54) is 31.2 Å². The number of rotatable bonds is 0. The van der Waals surface area contributed by atoms with E-state index in [0.717, 1.165) is 0 Å². The first-order valence-electron chi connectivity index (χ1n) is 7.03. The number of aryl methyl sites for hydroxylation is 2. The van der Waals surface area contributed by atoms with Gasteiger partial charge in [-0.2, -0.15) is 47.0 Å². The van der Waals surface area contributed by atoms with Crippen LogP contribution < -0.4 is 24.8 Å². The summed E-state index contributed by atoms with van der Waals surface area (Å²) in [6.07, 6.45) is 5.44. The monoisotopic (exact) mass is 400 g/mol. The standard InChI is InChI=1S/C9H11.C9H13.2ClH.Zr/c1-2-5-9-7-3-6-8(9)4-1;1-9(2,3)8-6-4-5-7-8;;;/h3,6-7H,1-2,4-5H2;4-7H,1-3H3;2*1H;/q2*-1;;;+4/p-2. The first-order valence-corrected chi connectivity index (χ1v) is 7.03. The van der Waals surface area contributed by atoms with Crippen LogP contribution in [-0.4, -0.2) is 0 Å². The van der Waals surface area contributed by atoms with Gasteiger partial charge in [-0.05, 0) is 0 Å². The number of hydrogen-bond acceptors (Lipinski definition) is 0. The van der Waals surface area contributed by atoms with Crippen molar-refractivity contribution < 1.29 is 51.0 Å². The van der Waals surface area contributed by atoms with E-state index >= 15 is 0 Å². The van der Waals surface area contributed by atoms with E-state index in [2.05, 4.69) is 63.2 Å². The minimum absolute atomic E-state index is 0. The molecule has 1 aliphatic carbocycles. The molecule has 0 atom stereocenters. The third-order valence-electron chi connectivity index (χ3n) is 3.68. The van der Waals surface area contributed by atoms with E-state index in [0.29, 0.717) is 5.41 Å². The molecule has 0 spiro atoms. The number of halogens is 2. The molecule has 0 unspecified atom stereocenters. The summed E-state index contributed by atoms with van der Waals surface area (Å²) in [4.78, 5) is 0. The Labute approximate surface area is 161 Å². The Morgan fingerprint density at radius 2 is 1.62 bits per heavy atom. The molecule has 0 radical (unpaired) electrons. The van der Waals surface area contributed by atoms with Crippen molar-refractivity contribution in [3.8, 4) is 0 Å². The van der Waals surface area contributed by atoms with Crippen molar-refractivity contribution in [1.82, 2.24) is 0 Å². The molecule has 0 amide bonds. The van der Waals surface area contributed by atoms with Crippen LogP contribution in [0, 0.1) is 0 Å². The molecule has 3 rings (SSSR count). The summed E-state index contributed by atoms with van der Waals surface area (Å²) in [7, 11) is 0. The molecule has 0 fully saturated rings. The number of fused-ring (bicyclic) bond motifs is 1. The maximum absolute atomic E-state index is 2.26. The molecule has 0 aromatic heterocycles. The van der Waals surface area contributed by atoms with Crippen molar-refractivity contribution in [3.63, 3.8) is 0 Å². The van der Waals surface area contributed by atoms with Crippen molar-refractivity contribution >= 4 is 0 Å². The molecule has 0 saturated carbocycles. The van der Waals surface area contributed by atoms with Crippen LogP contribution >= 0.6 is 0 Å². The first-order chi connectivity index (χ1) is 8.57. The fraction of sp³-hybridized carbons (Fsp3) is 0.444. The fourth-order valence-corrected chi connectivity index (χ4v) is 2.49. The average Bonchev–Trinajstić information content (AvgIpc) is 3.00. The van der Waals surface area contributed by atoms with Crippen LogP contribution in [0.3, 0.4) is 0 Å². The summed E-state index contributed by atoms with van der Waals surface area (Å²) in [5, 5.41) is 0. The smallest absolute Gasteiger partial charge is 1.00 e. The zero-order chi connectivity index (χ0) is 13.0. The van der Waals surface area contributed by atoms with E-state index in [1.807, 2.05) is 0 Å². The molecule has 21 heavy (non-hydrogen) atoms. The van der Waals surface area contributed by atoms with Crippen LogP contribution in [0.15, 0.2) is 42.5 Å². The minimum atomic E-state index is 0. The SMILES string of the molecule is CC(C)(C)c1cc[cH-]c1.[Cl-].[Cl-].[Zr+4].c1cc2c([cH-]1)CCCC2. The minimum Gasteiger partial charge on any atom is -1.00 e. The maximum Gasteiger partial charge on any atom is 4.00 e. The van der Waals surface area contributed by atoms with Gasteiger partial charge in [-0.15, -0.1) is 0 Å². The summed E-state index contributed by atoms with van der Waals surface area (Å²) in [6, 6.07) is 15.2. The Bertz CT molecular complexity index is 443. The topological polar surface area (TPSA) is 0 Å². The predicted octanol–water partition coefficient (Wildman–Crippen LogP) is -1.01. The van der Waals surface area contributed by atoms with Crippen LogP contribution in [0.4, 0.5) is 0 Å². The largest absolute Gasteiger partial charge is 4.00 e. The molecule has 0 heterocycles. The molecule has 2 aromatic carbocycles. The first kappa shape index (κ1) is 23.4. The molecule has 0 nitrogen and oxygen atoms in total. The van der Waals surface area contributed by atoms with Crippen molar-refractivity contribution in [2.75, 3.05) is 0 Å². The second-order valence-corrected chi connectivity index (χ2v) is 6.21. The van der Waals surface area contributed by atoms with Crippen LogP contribution in [0.5, 0.6) is 0 Å². The van der Waals surface area contributed by atoms with Crippen LogP contribution in [0.25, 0.3) is 0 Å². The van der Waals surface area contributed by atoms with E-state index in [-0.39, 0.29) is 51.0 Å². The summed E-state index contributed by atoms with van der Waals surface area (Å²) in [5.74, 6) is 0. The van der Waals surface area contributed by atoms with Gasteiger partial charge in [0.05, 0.1) is 0 Å². The predicted molar refractivity (Wildman–Crippen MR) is 79.4 cm³/mol. The summed E-state index contributed by atoms with van der Waals surface area (Å²) < 4.78 is 0. The molecular weight excluding hydrogens is 378 g/mol. The Morgan fingerprint density at radius 1 is 0.952 bits per heavy atom. The molecule has 2 aromatic rings. The van der Waals surface area contributed by atoms with E-state index in [1.54, 1.807) is 11.1 Å². The van der Waals surface area contributed by atoms with Gasteiger partial charge in [0.25, 0.3) is 0 Å². The second-order valence-electron chi connectivity index (χ2n) is 6.21. The van der Waals surface area contributed by atoms with Gasteiger partial charge in [-0.3, -0.25) is 0 Å². The number of hydrogen-bond donors (Lipinski definition) is 0. The summed E-state index contributed by atoms with van der Waals surface area (Å²) >= 11 is 0. The van der Waals surface area contributed by atoms with E-state index in [4.69, 9.17) is 0 Å². The van der Waals surface area contributed by atoms with Gasteiger partial charge >= 0.3 is 26.2 Å². The van der Waals surface area contributed by atoms with E-state index in [9.17, 15) is 0 Å². The Morgan fingerprint density at radius 3 is 2.10 bits per heavy atom. The van der Waals surface area contributed by atoms with Gasteiger partial charge in [-0.1, -0.05) is 51.9 Å². The van der Waals surface area contributed by atoms with Gasteiger partial charge in [0.2, 0.25) is 0 Å². The Balaban J connectivity index is 0. The molecule has 3 heteroatoms. The molecule has 1 aliphatic rings. The van der Waals surface area contributed by atoms with Crippen LogP contribution in [0.2, 0.25) is 0 Å². The van der Waals surface area contributed by atoms with Crippen molar-refractivity contribution in [1.29, 1.82) is 0 Å². The average molecular weight is 403 g/mol. The van der Waals surface area contributed by atoms with Crippen molar-refractivity contribution in [2.24, 2.45) is 0 Å². The quantitative estimate of drug-likeness (QED) is 0.496. The zero-order valence-corrected chi connectivity index (χ0v) is 17.1. The van der Waals surface area contributed by atoms with Gasteiger partial charge in [-0.25, -0.2) is 12.1 Å². The van der Waals surface area contributed by atoms with Gasteiger partial charge in [0, 0.05) is 0 Å².